The summed E-state index contributed by atoms with van der Waals surface area (Å²) in [6.45, 7) is 2.45. The summed E-state index contributed by atoms with van der Waals surface area (Å²) in [5.74, 6) is 0.0862. The molecule has 0 aliphatic carbocycles. The first-order chi connectivity index (χ1) is 7.20. The lowest BCUT2D eigenvalue weighted by molar-refractivity contribution is -0.137. The van der Waals surface area contributed by atoms with Crippen LogP contribution in [0.25, 0.3) is 0 Å². The van der Waals surface area contributed by atoms with Gasteiger partial charge < -0.3 is 20.1 Å². The van der Waals surface area contributed by atoms with Gasteiger partial charge in [0.1, 0.15) is 0 Å². The molecule has 2 heterocycles. The highest BCUT2D eigenvalue weighted by molar-refractivity contribution is 5.79. The summed E-state index contributed by atoms with van der Waals surface area (Å²) >= 11 is 0. The van der Waals surface area contributed by atoms with Crippen molar-refractivity contribution in [2.45, 2.75) is 18.6 Å². The van der Waals surface area contributed by atoms with E-state index in [0.29, 0.717) is 26.3 Å². The zero-order valence-corrected chi connectivity index (χ0v) is 8.98. The van der Waals surface area contributed by atoms with E-state index in [2.05, 4.69) is 5.32 Å². The SMILES string of the molecule is CN(C(=O)C1CCOC1)[C@H]1CNC[C@@H]1O. The lowest BCUT2D eigenvalue weighted by atomic mass is 10.1. The van der Waals surface area contributed by atoms with Crippen molar-refractivity contribution in [1.82, 2.24) is 10.2 Å². The van der Waals surface area contributed by atoms with Crippen molar-refractivity contribution in [2.75, 3.05) is 33.4 Å². The lowest BCUT2D eigenvalue weighted by Gasteiger charge is -2.28. The number of likely N-dealkylation sites (N-methyl/N-ethyl adjacent to an activating group) is 1. The van der Waals surface area contributed by atoms with Crippen molar-refractivity contribution in [2.24, 2.45) is 5.92 Å². The second-order valence-electron chi connectivity index (χ2n) is 4.30. The fraction of sp³-hybridized carbons (Fsp3) is 0.900. The zero-order chi connectivity index (χ0) is 10.8. The molecule has 0 saturated carbocycles. The van der Waals surface area contributed by atoms with Gasteiger partial charge in [0, 0.05) is 26.7 Å². The average Bonchev–Trinajstić information content (AvgIpc) is 2.85. The molecule has 2 aliphatic rings. The number of aliphatic hydroxyl groups is 1. The first-order valence-corrected chi connectivity index (χ1v) is 5.43. The number of carbonyl (C=O) groups is 1. The maximum atomic E-state index is 12.0. The Hall–Kier alpha value is -0.650. The number of aliphatic hydroxyl groups excluding tert-OH is 1. The van der Waals surface area contributed by atoms with Gasteiger partial charge in [0.15, 0.2) is 0 Å². The van der Waals surface area contributed by atoms with Crippen LogP contribution in [0.2, 0.25) is 0 Å². The second-order valence-corrected chi connectivity index (χ2v) is 4.30. The molecule has 0 aromatic rings. The minimum atomic E-state index is -0.443. The van der Waals surface area contributed by atoms with E-state index in [1.54, 1.807) is 11.9 Å². The van der Waals surface area contributed by atoms with E-state index in [-0.39, 0.29) is 17.9 Å². The van der Waals surface area contributed by atoms with Crippen molar-refractivity contribution in [3.63, 3.8) is 0 Å². The molecule has 0 spiro atoms. The largest absolute Gasteiger partial charge is 0.390 e. The molecule has 0 aromatic heterocycles. The summed E-state index contributed by atoms with van der Waals surface area (Å²) in [6.07, 6.45) is 0.362. The van der Waals surface area contributed by atoms with Crippen molar-refractivity contribution < 1.29 is 14.6 Å². The van der Waals surface area contributed by atoms with Crippen LogP contribution in [0.3, 0.4) is 0 Å². The number of nitrogens with one attached hydrogen (secondary N) is 1. The minimum Gasteiger partial charge on any atom is -0.390 e. The smallest absolute Gasteiger partial charge is 0.228 e. The van der Waals surface area contributed by atoms with Gasteiger partial charge in [0.25, 0.3) is 0 Å². The Balaban J connectivity index is 1.94. The maximum Gasteiger partial charge on any atom is 0.228 e. The lowest BCUT2D eigenvalue weighted by Crippen LogP contribution is -2.46. The molecule has 2 rings (SSSR count). The highest BCUT2D eigenvalue weighted by Crippen LogP contribution is 2.18. The van der Waals surface area contributed by atoms with E-state index >= 15 is 0 Å². The topological polar surface area (TPSA) is 61.8 Å². The Morgan fingerprint density at radius 1 is 1.53 bits per heavy atom. The van der Waals surface area contributed by atoms with Crippen LogP contribution in [-0.4, -0.2) is 61.4 Å². The van der Waals surface area contributed by atoms with Crippen LogP contribution in [0.4, 0.5) is 0 Å². The summed E-state index contributed by atoms with van der Waals surface area (Å²) in [5.41, 5.74) is 0. The standard InChI is InChI=1S/C10H18N2O3/c1-12(8-4-11-5-9(8)13)10(14)7-2-3-15-6-7/h7-9,11,13H,2-6H2,1H3/t7?,8-,9-/m0/s1. The number of amides is 1. The minimum absolute atomic E-state index is 0.0113. The quantitative estimate of drug-likeness (QED) is 0.607. The molecule has 2 N–H and O–H groups in total. The van der Waals surface area contributed by atoms with Gasteiger partial charge in [-0.3, -0.25) is 4.79 Å². The summed E-state index contributed by atoms with van der Waals surface area (Å²) in [4.78, 5) is 13.7. The highest BCUT2D eigenvalue weighted by atomic mass is 16.5. The molecular weight excluding hydrogens is 196 g/mol. The number of hydrogen-bond acceptors (Lipinski definition) is 4. The van der Waals surface area contributed by atoms with Crippen LogP contribution in [0.15, 0.2) is 0 Å². The molecule has 2 fully saturated rings. The summed E-state index contributed by atoms with van der Waals surface area (Å²) in [7, 11) is 1.77. The Bertz CT molecular complexity index is 241. The van der Waals surface area contributed by atoms with E-state index in [9.17, 15) is 9.90 Å². The fourth-order valence-electron chi connectivity index (χ4n) is 2.23. The number of carbonyl (C=O) groups excluding carboxylic acids is 1. The molecule has 5 heteroatoms. The molecule has 0 bridgehead atoms. The van der Waals surface area contributed by atoms with E-state index in [1.165, 1.54) is 0 Å². The van der Waals surface area contributed by atoms with Gasteiger partial charge in [-0.1, -0.05) is 0 Å². The molecule has 0 radical (unpaired) electrons. The number of hydrogen-bond donors (Lipinski definition) is 2. The third kappa shape index (κ3) is 2.14. The number of rotatable bonds is 2. The molecule has 1 amide bonds. The van der Waals surface area contributed by atoms with Crippen LogP contribution in [-0.2, 0) is 9.53 Å². The summed E-state index contributed by atoms with van der Waals surface area (Å²) in [6, 6.07) is -0.0851. The van der Waals surface area contributed by atoms with Crippen molar-refractivity contribution in [3.05, 3.63) is 0 Å². The van der Waals surface area contributed by atoms with Crippen LogP contribution in [0.5, 0.6) is 0 Å². The fourth-order valence-corrected chi connectivity index (χ4v) is 2.23. The second kappa shape index (κ2) is 4.47. The Morgan fingerprint density at radius 3 is 2.87 bits per heavy atom. The predicted octanol–water partition coefficient (Wildman–Crippen LogP) is -1.19. The number of nitrogens with zero attached hydrogens (tertiary/aromatic N) is 1. The van der Waals surface area contributed by atoms with Gasteiger partial charge in [-0.05, 0) is 6.42 Å². The number of ether oxygens (including phenoxy) is 1. The van der Waals surface area contributed by atoms with Crippen LogP contribution < -0.4 is 5.32 Å². The first kappa shape index (κ1) is 10.9. The zero-order valence-electron chi connectivity index (χ0n) is 8.98. The third-order valence-corrected chi connectivity index (χ3v) is 3.28. The van der Waals surface area contributed by atoms with Crippen LogP contribution >= 0.6 is 0 Å². The van der Waals surface area contributed by atoms with Crippen LogP contribution in [0, 0.1) is 5.92 Å². The monoisotopic (exact) mass is 214 g/mol. The van der Waals surface area contributed by atoms with Gasteiger partial charge in [0.05, 0.1) is 24.7 Å². The highest BCUT2D eigenvalue weighted by Gasteiger charge is 2.35. The maximum absolute atomic E-state index is 12.0. The van der Waals surface area contributed by atoms with Crippen molar-refractivity contribution in [3.8, 4) is 0 Å². The summed E-state index contributed by atoms with van der Waals surface area (Å²) in [5, 5.41) is 12.7. The molecule has 86 valence electrons. The van der Waals surface area contributed by atoms with Gasteiger partial charge in [0.2, 0.25) is 5.91 Å². The van der Waals surface area contributed by atoms with Gasteiger partial charge in [-0.25, -0.2) is 0 Å². The van der Waals surface area contributed by atoms with Crippen molar-refractivity contribution >= 4 is 5.91 Å². The van der Waals surface area contributed by atoms with E-state index in [1.807, 2.05) is 0 Å². The first-order valence-electron chi connectivity index (χ1n) is 5.43. The van der Waals surface area contributed by atoms with E-state index in [0.717, 1.165) is 6.42 Å². The predicted molar refractivity (Wildman–Crippen MR) is 54.4 cm³/mol. The Labute approximate surface area is 89.4 Å². The Morgan fingerprint density at radius 2 is 2.33 bits per heavy atom. The van der Waals surface area contributed by atoms with Crippen molar-refractivity contribution in [1.29, 1.82) is 0 Å². The van der Waals surface area contributed by atoms with Gasteiger partial charge in [-0.15, -0.1) is 0 Å². The molecule has 0 aromatic carbocycles. The molecule has 1 unspecified atom stereocenters. The van der Waals surface area contributed by atoms with Crippen LogP contribution in [0.1, 0.15) is 6.42 Å². The normalized spacial score (nSPS) is 35.7. The number of β-amino-alcohol motifs (C(OH)–C–C–N with tert-alkyl or cyclic N) is 1. The van der Waals surface area contributed by atoms with Gasteiger partial charge in [-0.2, -0.15) is 0 Å². The summed E-state index contributed by atoms with van der Waals surface area (Å²) < 4.78 is 5.19. The third-order valence-electron chi connectivity index (χ3n) is 3.28. The molecule has 2 saturated heterocycles. The van der Waals surface area contributed by atoms with E-state index in [4.69, 9.17) is 4.74 Å². The van der Waals surface area contributed by atoms with E-state index < -0.39 is 6.10 Å². The average molecular weight is 214 g/mol. The Kier molecular flexibility index (Phi) is 3.23. The molecule has 3 atom stereocenters. The molecule has 5 nitrogen and oxygen atoms in total. The van der Waals surface area contributed by atoms with Gasteiger partial charge >= 0.3 is 0 Å². The molecule has 15 heavy (non-hydrogen) atoms. The molecular formula is C10H18N2O3. The molecule has 2 aliphatic heterocycles.